The van der Waals surface area contributed by atoms with Crippen LogP contribution in [0.4, 0.5) is 15.5 Å². The van der Waals surface area contributed by atoms with Crippen LogP contribution in [0.15, 0.2) is 41.9 Å². The lowest BCUT2D eigenvalue weighted by atomic mass is 9.97. The van der Waals surface area contributed by atoms with Crippen LogP contribution in [0.5, 0.6) is 0 Å². The normalized spacial score (nSPS) is 13.4. The van der Waals surface area contributed by atoms with Crippen molar-refractivity contribution in [3.63, 3.8) is 0 Å². The SMILES string of the molecule is CC(C)c1nc(Nc2nccs2)nc(-c2ccc(F)cc2)c1C=C[C@@H](O)C[C@@H](O)CC(=O)O. The number of carbonyl (C=O) groups is 1. The molecule has 3 aromatic rings. The van der Waals surface area contributed by atoms with Gasteiger partial charge in [-0.05, 0) is 30.2 Å². The fourth-order valence-electron chi connectivity index (χ4n) is 3.21. The predicted molar refractivity (Wildman–Crippen MR) is 125 cm³/mol. The highest BCUT2D eigenvalue weighted by Crippen LogP contribution is 2.31. The van der Waals surface area contributed by atoms with Gasteiger partial charge in [-0.2, -0.15) is 0 Å². The fraction of sp³-hybridized carbons (Fsp3) is 0.304. The lowest BCUT2D eigenvalue weighted by Crippen LogP contribution is -2.19. The van der Waals surface area contributed by atoms with Crippen LogP contribution in [0, 0.1) is 5.82 Å². The largest absolute Gasteiger partial charge is 0.481 e. The van der Waals surface area contributed by atoms with Gasteiger partial charge >= 0.3 is 5.97 Å². The Labute approximate surface area is 194 Å². The smallest absolute Gasteiger partial charge is 0.305 e. The predicted octanol–water partition coefficient (Wildman–Crippen LogP) is 4.21. The molecule has 0 aliphatic rings. The summed E-state index contributed by atoms with van der Waals surface area (Å²) >= 11 is 1.40. The van der Waals surface area contributed by atoms with Crippen molar-refractivity contribution in [3.8, 4) is 11.3 Å². The molecule has 2 aromatic heterocycles. The van der Waals surface area contributed by atoms with E-state index in [9.17, 15) is 19.4 Å². The van der Waals surface area contributed by atoms with Crippen LogP contribution < -0.4 is 5.32 Å². The van der Waals surface area contributed by atoms with Gasteiger partial charge in [0.15, 0.2) is 5.13 Å². The Morgan fingerprint density at radius 1 is 1.21 bits per heavy atom. The maximum Gasteiger partial charge on any atom is 0.305 e. The maximum atomic E-state index is 13.5. The Hall–Kier alpha value is -3.21. The number of anilines is 2. The number of aliphatic carboxylic acids is 1. The third-order valence-corrected chi connectivity index (χ3v) is 5.39. The van der Waals surface area contributed by atoms with Crippen LogP contribution in [0.1, 0.15) is 43.9 Å². The van der Waals surface area contributed by atoms with Gasteiger partial charge in [-0.3, -0.25) is 4.79 Å². The zero-order valence-electron chi connectivity index (χ0n) is 18.1. The number of carboxylic acids is 1. The molecule has 0 aliphatic heterocycles. The molecule has 0 fully saturated rings. The Morgan fingerprint density at radius 3 is 2.55 bits per heavy atom. The van der Waals surface area contributed by atoms with E-state index in [4.69, 9.17) is 5.11 Å². The van der Waals surface area contributed by atoms with E-state index in [0.717, 1.165) is 0 Å². The number of aliphatic hydroxyl groups is 2. The van der Waals surface area contributed by atoms with Crippen molar-refractivity contribution in [2.24, 2.45) is 0 Å². The monoisotopic (exact) mass is 472 g/mol. The number of benzene rings is 1. The minimum absolute atomic E-state index is 0.0153. The van der Waals surface area contributed by atoms with Gasteiger partial charge in [0.2, 0.25) is 5.95 Å². The second kappa shape index (κ2) is 11.1. The number of thiazole rings is 1. The molecular formula is C23H25FN4O4S. The summed E-state index contributed by atoms with van der Waals surface area (Å²) in [5.41, 5.74) is 2.51. The quantitative estimate of drug-likeness (QED) is 0.346. The Morgan fingerprint density at radius 2 is 1.94 bits per heavy atom. The summed E-state index contributed by atoms with van der Waals surface area (Å²) in [6.07, 6.45) is 1.95. The fourth-order valence-corrected chi connectivity index (χ4v) is 3.73. The van der Waals surface area contributed by atoms with Crippen molar-refractivity contribution in [1.29, 1.82) is 0 Å². The number of hydrogen-bond acceptors (Lipinski definition) is 8. The molecule has 1 aromatic carbocycles. The van der Waals surface area contributed by atoms with Gasteiger partial charge in [0.1, 0.15) is 5.82 Å². The second-order valence-electron chi connectivity index (χ2n) is 7.73. The van der Waals surface area contributed by atoms with Crippen molar-refractivity contribution < 1.29 is 24.5 Å². The van der Waals surface area contributed by atoms with E-state index < -0.39 is 24.6 Å². The van der Waals surface area contributed by atoms with Gasteiger partial charge in [0, 0.05) is 29.1 Å². The first-order valence-corrected chi connectivity index (χ1v) is 11.2. The third-order valence-electron chi connectivity index (χ3n) is 4.70. The summed E-state index contributed by atoms with van der Waals surface area (Å²) in [6, 6.07) is 5.90. The minimum Gasteiger partial charge on any atom is -0.481 e. The van der Waals surface area contributed by atoms with Gasteiger partial charge < -0.3 is 20.6 Å². The zero-order chi connectivity index (χ0) is 24.0. The van der Waals surface area contributed by atoms with E-state index in [0.29, 0.717) is 33.6 Å². The molecule has 0 bridgehead atoms. The first-order valence-electron chi connectivity index (χ1n) is 10.3. The first-order chi connectivity index (χ1) is 15.7. The van der Waals surface area contributed by atoms with E-state index >= 15 is 0 Å². The average molecular weight is 473 g/mol. The van der Waals surface area contributed by atoms with Gasteiger partial charge in [-0.1, -0.05) is 26.0 Å². The minimum atomic E-state index is -1.18. The summed E-state index contributed by atoms with van der Waals surface area (Å²) in [5, 5.41) is 34.4. The third kappa shape index (κ3) is 6.88. The molecule has 3 rings (SSSR count). The number of halogens is 1. The summed E-state index contributed by atoms with van der Waals surface area (Å²) in [5.74, 6) is -1.20. The molecule has 0 saturated carbocycles. The lowest BCUT2D eigenvalue weighted by molar-refractivity contribution is -0.139. The number of hydrogen-bond donors (Lipinski definition) is 4. The standard InChI is InChI=1S/C23H25FN4O4S/c1-13(2)20-18(8-7-16(29)11-17(30)12-19(31)32)21(14-3-5-15(24)6-4-14)27-22(26-20)28-23-25-9-10-33-23/h3-10,13,16-17,29-30H,11-12H2,1-2H3,(H,31,32)(H,25,26,27,28)/t16-,17-/m1/s1. The zero-order valence-corrected chi connectivity index (χ0v) is 19.0. The second-order valence-corrected chi connectivity index (χ2v) is 8.63. The first kappa shape index (κ1) is 24.4. The molecule has 174 valence electrons. The molecule has 0 saturated heterocycles. The Balaban J connectivity index is 2.02. The number of rotatable bonds is 10. The summed E-state index contributed by atoms with van der Waals surface area (Å²) in [6.45, 7) is 3.93. The van der Waals surface area contributed by atoms with E-state index in [1.807, 2.05) is 19.2 Å². The van der Waals surface area contributed by atoms with Gasteiger partial charge in [-0.15, -0.1) is 11.3 Å². The summed E-state index contributed by atoms with van der Waals surface area (Å²) in [7, 11) is 0. The molecule has 2 heterocycles. The van der Waals surface area contributed by atoms with Gasteiger partial charge in [-0.25, -0.2) is 19.3 Å². The molecule has 2 atom stereocenters. The van der Waals surface area contributed by atoms with E-state index in [1.165, 1.54) is 29.5 Å². The number of nitrogens with one attached hydrogen (secondary N) is 1. The van der Waals surface area contributed by atoms with Crippen LogP contribution in [-0.2, 0) is 4.79 Å². The molecule has 0 amide bonds. The van der Waals surface area contributed by atoms with Crippen LogP contribution in [-0.4, -0.2) is 48.4 Å². The number of carboxylic acid groups (broad SMARTS) is 1. The highest BCUT2D eigenvalue weighted by Gasteiger charge is 2.19. The molecule has 4 N–H and O–H groups in total. The maximum absolute atomic E-state index is 13.5. The molecule has 0 unspecified atom stereocenters. The van der Waals surface area contributed by atoms with Crippen molar-refractivity contribution in [1.82, 2.24) is 15.0 Å². The Kier molecular flexibility index (Phi) is 8.21. The Bertz CT molecular complexity index is 1100. The summed E-state index contributed by atoms with van der Waals surface area (Å²) < 4.78 is 13.5. The van der Waals surface area contributed by atoms with Crippen molar-refractivity contribution in [2.45, 2.75) is 44.8 Å². The van der Waals surface area contributed by atoms with Crippen molar-refractivity contribution in [3.05, 3.63) is 59.0 Å². The lowest BCUT2D eigenvalue weighted by Gasteiger charge is -2.17. The van der Waals surface area contributed by atoms with Gasteiger partial charge in [0.05, 0.1) is 30.0 Å². The van der Waals surface area contributed by atoms with Crippen molar-refractivity contribution >= 4 is 34.5 Å². The van der Waals surface area contributed by atoms with Crippen LogP contribution in [0.2, 0.25) is 0 Å². The number of nitrogens with zero attached hydrogens (tertiary/aromatic N) is 3. The highest BCUT2D eigenvalue weighted by atomic mass is 32.1. The van der Waals surface area contributed by atoms with Gasteiger partial charge in [0.25, 0.3) is 0 Å². The number of aliphatic hydroxyl groups excluding tert-OH is 2. The molecule has 0 radical (unpaired) electrons. The van der Waals surface area contributed by atoms with E-state index in [-0.39, 0.29) is 18.2 Å². The molecule has 33 heavy (non-hydrogen) atoms. The average Bonchev–Trinajstić information content (AvgIpc) is 3.25. The topological polar surface area (TPSA) is 128 Å². The molecular weight excluding hydrogens is 447 g/mol. The van der Waals surface area contributed by atoms with Crippen molar-refractivity contribution in [2.75, 3.05) is 5.32 Å². The highest BCUT2D eigenvalue weighted by molar-refractivity contribution is 7.13. The molecule has 0 aliphatic carbocycles. The molecule has 0 spiro atoms. The van der Waals surface area contributed by atoms with Crippen LogP contribution in [0.25, 0.3) is 17.3 Å². The molecule has 8 nitrogen and oxygen atoms in total. The van der Waals surface area contributed by atoms with Crippen LogP contribution in [0.3, 0.4) is 0 Å². The van der Waals surface area contributed by atoms with E-state index in [2.05, 4.69) is 20.3 Å². The molecule has 10 heteroatoms. The number of aromatic nitrogens is 3. The van der Waals surface area contributed by atoms with Crippen LogP contribution >= 0.6 is 11.3 Å². The van der Waals surface area contributed by atoms with E-state index in [1.54, 1.807) is 24.4 Å². The summed E-state index contributed by atoms with van der Waals surface area (Å²) in [4.78, 5) is 24.2.